The molecular weight excluding hydrogens is 741 g/mol. The van der Waals surface area contributed by atoms with Gasteiger partial charge in [0.15, 0.2) is 5.82 Å². The highest BCUT2D eigenvalue weighted by Gasteiger charge is 2.24. The third kappa shape index (κ3) is 7.74. The highest BCUT2D eigenvalue weighted by molar-refractivity contribution is 6.36. The van der Waals surface area contributed by atoms with E-state index in [0.717, 1.165) is 95.1 Å². The molecule has 8 aromatic carbocycles. The molecule has 0 saturated heterocycles. The predicted molar refractivity (Wildman–Crippen MR) is 253 cm³/mol. The van der Waals surface area contributed by atoms with Crippen LogP contribution in [-0.4, -0.2) is 15.7 Å². The number of allylic oxidation sites excluding steroid dienone is 1. The minimum Gasteiger partial charge on any atom is -0.354 e. The van der Waals surface area contributed by atoms with Gasteiger partial charge in [0.1, 0.15) is 0 Å². The minimum absolute atomic E-state index is 0.454. The molecule has 0 unspecified atom stereocenters. The van der Waals surface area contributed by atoms with Gasteiger partial charge in [-0.3, -0.25) is 5.41 Å². The monoisotopic (exact) mass is 780 g/mol. The van der Waals surface area contributed by atoms with Crippen molar-refractivity contribution in [1.29, 1.82) is 5.41 Å². The minimum atomic E-state index is 0.454. The molecule has 0 saturated carbocycles. The van der Waals surface area contributed by atoms with Crippen LogP contribution < -0.4 is 5.32 Å². The van der Waals surface area contributed by atoms with E-state index in [0.29, 0.717) is 11.5 Å². The first kappa shape index (κ1) is 37.1. The number of fused-ring (bicyclic) bond motifs is 1. The standard InChI is InChI=1S/C57H40N4/c58-55(44-23-12-4-13-24-44)54(43-21-10-3-11-22-43)56-50-36-47(33-34-48(50)37-51(59-56)41-19-8-2-9-20-41)40-29-31-42(32-30-40)52-38-53(61-57(60-52)45-25-14-5-15-26-45)49-28-16-27-46(35-49)39-17-6-1-7-18-39/h1-38,58-59H/b56-54-,58-55?. The van der Waals surface area contributed by atoms with Crippen LogP contribution in [0.4, 0.5) is 0 Å². The van der Waals surface area contributed by atoms with Crippen LogP contribution >= 0.6 is 0 Å². The van der Waals surface area contributed by atoms with Crippen LogP contribution in [0.15, 0.2) is 224 Å². The Bertz CT molecular complexity index is 3070. The van der Waals surface area contributed by atoms with Crippen molar-refractivity contribution < 1.29 is 0 Å². The van der Waals surface area contributed by atoms with Crippen molar-refractivity contribution in [1.82, 2.24) is 15.3 Å². The van der Waals surface area contributed by atoms with E-state index in [-0.39, 0.29) is 0 Å². The van der Waals surface area contributed by atoms with Crippen LogP contribution in [0.1, 0.15) is 27.8 Å². The summed E-state index contributed by atoms with van der Waals surface area (Å²) in [5.41, 5.74) is 17.4. The number of benzene rings is 8. The summed E-state index contributed by atoms with van der Waals surface area (Å²) >= 11 is 0. The fraction of sp³-hybridized carbons (Fsp3) is 0. The number of nitrogens with one attached hydrogen (secondary N) is 2. The zero-order chi connectivity index (χ0) is 41.0. The maximum Gasteiger partial charge on any atom is 0.160 e. The number of aromatic nitrogens is 2. The molecule has 4 nitrogen and oxygen atoms in total. The average Bonchev–Trinajstić information content (AvgIpc) is 3.35. The summed E-state index contributed by atoms with van der Waals surface area (Å²) in [6.07, 6.45) is 2.21. The van der Waals surface area contributed by atoms with E-state index in [4.69, 9.17) is 9.97 Å². The largest absolute Gasteiger partial charge is 0.354 e. The SMILES string of the molecule is N=C(/C(=C1\NC(c2ccccc2)=Cc2ccc(-c3ccc(-c4cc(-c5cccc(-c6ccccc6)c5)nc(-c5ccccc5)n4)cc3)cc21)c1ccccc1)c1ccccc1. The molecule has 0 amide bonds. The first-order valence-electron chi connectivity index (χ1n) is 20.5. The summed E-state index contributed by atoms with van der Waals surface area (Å²) in [5, 5.41) is 13.5. The quantitative estimate of drug-likeness (QED) is 0.143. The lowest BCUT2D eigenvalue weighted by Gasteiger charge is -2.27. The van der Waals surface area contributed by atoms with Crippen LogP contribution in [-0.2, 0) is 0 Å². The van der Waals surface area contributed by atoms with E-state index < -0.39 is 0 Å². The molecule has 1 aliphatic rings. The topological polar surface area (TPSA) is 61.7 Å². The van der Waals surface area contributed by atoms with Gasteiger partial charge in [0.2, 0.25) is 0 Å². The van der Waals surface area contributed by atoms with Crippen LogP contribution in [0, 0.1) is 5.41 Å². The van der Waals surface area contributed by atoms with Gasteiger partial charge in [-0.1, -0.05) is 206 Å². The van der Waals surface area contributed by atoms with Gasteiger partial charge < -0.3 is 5.32 Å². The summed E-state index contributed by atoms with van der Waals surface area (Å²) in [6.45, 7) is 0. The van der Waals surface area contributed by atoms with Crippen LogP contribution in [0.25, 0.3) is 79.2 Å². The molecule has 0 spiro atoms. The lowest BCUT2D eigenvalue weighted by Crippen LogP contribution is -2.20. The summed E-state index contributed by atoms with van der Waals surface area (Å²) in [7, 11) is 0. The molecule has 61 heavy (non-hydrogen) atoms. The molecule has 0 aliphatic carbocycles. The van der Waals surface area contributed by atoms with Crippen molar-refractivity contribution in [2.45, 2.75) is 0 Å². The Hall–Kier alpha value is -8.21. The van der Waals surface area contributed by atoms with Gasteiger partial charge in [0.25, 0.3) is 0 Å². The maximum absolute atomic E-state index is 9.66. The first-order chi connectivity index (χ1) is 30.1. The highest BCUT2D eigenvalue weighted by Crippen LogP contribution is 2.39. The number of nitrogens with zero attached hydrogens (tertiary/aromatic N) is 2. The summed E-state index contributed by atoms with van der Waals surface area (Å²) in [4.78, 5) is 10.2. The zero-order valence-electron chi connectivity index (χ0n) is 33.3. The number of hydrogen-bond donors (Lipinski definition) is 2. The Labute approximate surface area is 356 Å². The summed E-state index contributed by atoms with van der Waals surface area (Å²) in [5.74, 6) is 0.682. The second kappa shape index (κ2) is 16.6. The van der Waals surface area contributed by atoms with Gasteiger partial charge in [-0.25, -0.2) is 9.97 Å². The molecule has 2 heterocycles. The third-order valence-corrected chi connectivity index (χ3v) is 11.1. The van der Waals surface area contributed by atoms with Gasteiger partial charge in [-0.2, -0.15) is 0 Å². The van der Waals surface area contributed by atoms with Crippen molar-refractivity contribution in [3.63, 3.8) is 0 Å². The van der Waals surface area contributed by atoms with E-state index in [2.05, 4.69) is 157 Å². The van der Waals surface area contributed by atoms with Crippen molar-refractivity contribution in [3.05, 3.63) is 252 Å². The van der Waals surface area contributed by atoms with Gasteiger partial charge in [-0.15, -0.1) is 0 Å². The Morgan fingerprint density at radius 2 is 0.852 bits per heavy atom. The van der Waals surface area contributed by atoms with Crippen molar-refractivity contribution in [2.75, 3.05) is 0 Å². The Morgan fingerprint density at radius 3 is 1.51 bits per heavy atom. The number of rotatable bonds is 9. The maximum atomic E-state index is 9.66. The van der Waals surface area contributed by atoms with Gasteiger partial charge in [-0.05, 0) is 63.2 Å². The molecule has 0 atom stereocenters. The molecule has 1 aromatic heterocycles. The summed E-state index contributed by atoms with van der Waals surface area (Å²) in [6, 6.07) is 77.2. The van der Waals surface area contributed by atoms with E-state index >= 15 is 0 Å². The Morgan fingerprint density at radius 1 is 0.377 bits per heavy atom. The smallest absolute Gasteiger partial charge is 0.160 e. The molecule has 0 fully saturated rings. The zero-order valence-corrected chi connectivity index (χ0v) is 33.3. The van der Waals surface area contributed by atoms with Crippen molar-refractivity contribution in [3.8, 4) is 56.2 Å². The Kier molecular flexibility index (Phi) is 10.1. The summed E-state index contributed by atoms with van der Waals surface area (Å²) < 4.78 is 0. The normalized spacial score (nSPS) is 12.8. The third-order valence-electron chi connectivity index (χ3n) is 11.1. The molecular formula is C57H40N4. The van der Waals surface area contributed by atoms with Crippen LogP contribution in [0.3, 0.4) is 0 Å². The fourth-order valence-corrected chi connectivity index (χ4v) is 7.99. The van der Waals surface area contributed by atoms with Crippen LogP contribution in [0.2, 0.25) is 0 Å². The van der Waals surface area contributed by atoms with E-state index in [1.165, 1.54) is 0 Å². The van der Waals surface area contributed by atoms with Crippen LogP contribution in [0.5, 0.6) is 0 Å². The molecule has 0 bridgehead atoms. The second-order valence-electron chi connectivity index (χ2n) is 15.1. The average molecular weight is 781 g/mol. The Balaban J connectivity index is 1.07. The highest BCUT2D eigenvalue weighted by atomic mass is 14.9. The van der Waals surface area contributed by atoms with Gasteiger partial charge in [0.05, 0.1) is 22.8 Å². The molecule has 288 valence electrons. The molecule has 4 heteroatoms. The van der Waals surface area contributed by atoms with E-state index in [1.54, 1.807) is 0 Å². The van der Waals surface area contributed by atoms with Crippen molar-refractivity contribution >= 4 is 28.8 Å². The van der Waals surface area contributed by atoms with Gasteiger partial charge >= 0.3 is 0 Å². The van der Waals surface area contributed by atoms with E-state index in [9.17, 15) is 5.41 Å². The molecule has 10 rings (SSSR count). The molecule has 0 radical (unpaired) electrons. The molecule has 9 aromatic rings. The molecule has 1 aliphatic heterocycles. The lowest BCUT2D eigenvalue weighted by atomic mass is 9.86. The predicted octanol–water partition coefficient (Wildman–Crippen LogP) is 13.8. The first-order valence-corrected chi connectivity index (χ1v) is 20.5. The number of hydrogen-bond acceptors (Lipinski definition) is 4. The van der Waals surface area contributed by atoms with Crippen molar-refractivity contribution in [2.24, 2.45) is 0 Å². The lowest BCUT2D eigenvalue weighted by molar-refractivity contribution is 1.18. The van der Waals surface area contributed by atoms with Gasteiger partial charge in [0, 0.05) is 39.1 Å². The second-order valence-corrected chi connectivity index (χ2v) is 15.1. The van der Waals surface area contributed by atoms with E-state index in [1.807, 2.05) is 78.9 Å². The fourth-order valence-electron chi connectivity index (χ4n) is 7.99. The molecule has 2 N–H and O–H groups in total.